The van der Waals surface area contributed by atoms with E-state index >= 15 is 0 Å². The van der Waals surface area contributed by atoms with Gasteiger partial charge in [-0.1, -0.05) is 23.7 Å². The van der Waals surface area contributed by atoms with Gasteiger partial charge in [0.05, 0.1) is 31.3 Å². The first-order valence-corrected chi connectivity index (χ1v) is 12.2. The fourth-order valence-electron chi connectivity index (χ4n) is 3.03. The topological polar surface area (TPSA) is 88.1 Å². The monoisotopic (exact) mass is 485 g/mol. The maximum atomic E-state index is 12.5. The van der Waals surface area contributed by atoms with Crippen LogP contribution in [0.15, 0.2) is 77.9 Å². The third kappa shape index (κ3) is 6.57. The highest BCUT2D eigenvalue weighted by molar-refractivity contribution is 7.92. The molecule has 7 nitrogen and oxygen atoms in total. The van der Waals surface area contributed by atoms with Crippen LogP contribution in [0.25, 0.3) is 0 Å². The van der Waals surface area contributed by atoms with Gasteiger partial charge in [0.1, 0.15) is 5.75 Å². The van der Waals surface area contributed by atoms with Gasteiger partial charge in [-0.2, -0.15) is 5.10 Å². The fraction of sp³-hybridized carbons (Fsp3) is 0.167. The Hall–Kier alpha value is -3.36. The van der Waals surface area contributed by atoms with E-state index < -0.39 is 15.9 Å². The third-order valence-corrected chi connectivity index (χ3v) is 6.28. The number of nitrogens with one attached hydrogen (secondary N) is 1. The van der Waals surface area contributed by atoms with E-state index in [1.165, 1.54) is 4.31 Å². The normalized spacial score (nSPS) is 11.7. The highest BCUT2D eigenvalue weighted by Crippen LogP contribution is 2.22. The lowest BCUT2D eigenvalue weighted by Gasteiger charge is -2.22. The maximum Gasteiger partial charge on any atom is 0.271 e. The zero-order chi connectivity index (χ0) is 24.0. The second kappa shape index (κ2) is 10.5. The Morgan fingerprint density at radius 1 is 0.970 bits per heavy atom. The zero-order valence-corrected chi connectivity index (χ0v) is 20.0. The number of halogens is 1. The second-order valence-corrected chi connectivity index (χ2v) is 9.65. The number of nitrogens with zero attached hydrogens (tertiary/aromatic N) is 2. The summed E-state index contributed by atoms with van der Waals surface area (Å²) < 4.78 is 31.1. The highest BCUT2D eigenvalue weighted by atomic mass is 35.5. The molecule has 3 aromatic carbocycles. The average molecular weight is 486 g/mol. The molecule has 0 aliphatic carbocycles. The third-order valence-electron chi connectivity index (χ3n) is 4.89. The van der Waals surface area contributed by atoms with Crippen molar-refractivity contribution in [3.8, 4) is 5.75 Å². The molecule has 0 saturated carbocycles. The molecule has 0 fully saturated rings. The molecule has 9 heteroatoms. The summed E-state index contributed by atoms with van der Waals surface area (Å²) in [7, 11) is -1.96. The van der Waals surface area contributed by atoms with E-state index in [4.69, 9.17) is 16.3 Å². The molecular weight excluding hydrogens is 462 g/mol. The number of methoxy groups -OCH3 is 1. The first-order chi connectivity index (χ1) is 15.7. The number of carbonyl (C=O) groups is 1. The summed E-state index contributed by atoms with van der Waals surface area (Å²) >= 11 is 5.91. The molecule has 0 atom stereocenters. The van der Waals surface area contributed by atoms with Crippen LogP contribution in [0.1, 0.15) is 28.4 Å². The molecule has 0 heterocycles. The minimum absolute atomic E-state index is 0.146. The van der Waals surface area contributed by atoms with Crippen molar-refractivity contribution in [1.29, 1.82) is 0 Å². The first kappa shape index (κ1) is 24.3. The Balaban J connectivity index is 1.72. The molecular formula is C24H24ClN3O4S. The predicted molar refractivity (Wildman–Crippen MR) is 132 cm³/mol. The van der Waals surface area contributed by atoms with Gasteiger partial charge in [-0.3, -0.25) is 9.10 Å². The van der Waals surface area contributed by atoms with Crippen LogP contribution in [0.4, 0.5) is 5.69 Å². The summed E-state index contributed by atoms with van der Waals surface area (Å²) in [6, 6.07) is 20.6. The summed E-state index contributed by atoms with van der Waals surface area (Å²) in [5.41, 5.74) is 5.59. The second-order valence-electron chi connectivity index (χ2n) is 7.31. The fourth-order valence-corrected chi connectivity index (χ4v) is 4.04. The van der Waals surface area contributed by atoms with Gasteiger partial charge in [0.2, 0.25) is 10.0 Å². The van der Waals surface area contributed by atoms with Gasteiger partial charge in [0.25, 0.3) is 5.91 Å². The van der Waals surface area contributed by atoms with Gasteiger partial charge in [-0.05, 0) is 78.7 Å². The summed E-state index contributed by atoms with van der Waals surface area (Å²) in [5, 5.41) is 4.72. The molecule has 0 bridgehead atoms. The van der Waals surface area contributed by atoms with Gasteiger partial charge in [0, 0.05) is 10.6 Å². The van der Waals surface area contributed by atoms with Crippen LogP contribution in [-0.4, -0.2) is 33.4 Å². The Morgan fingerprint density at radius 3 is 2.09 bits per heavy atom. The molecule has 0 aliphatic heterocycles. The Morgan fingerprint density at radius 2 is 1.55 bits per heavy atom. The number of hydrazone groups is 1. The zero-order valence-electron chi connectivity index (χ0n) is 18.4. The number of anilines is 1. The lowest BCUT2D eigenvalue weighted by Crippen LogP contribution is -2.29. The SMILES string of the molecule is COc1ccc(/C(C)=N\NC(=O)c2ccc(N(Cc3ccc(Cl)cc3)S(C)(=O)=O)cc2)cc1. The van der Waals surface area contributed by atoms with E-state index in [-0.39, 0.29) is 6.54 Å². The predicted octanol–water partition coefficient (Wildman–Crippen LogP) is 4.47. The number of hydrogen-bond acceptors (Lipinski definition) is 5. The van der Waals surface area contributed by atoms with Crippen LogP contribution in [0, 0.1) is 0 Å². The minimum atomic E-state index is -3.55. The summed E-state index contributed by atoms with van der Waals surface area (Å²) in [4.78, 5) is 12.5. The van der Waals surface area contributed by atoms with E-state index in [1.54, 1.807) is 62.6 Å². The number of hydrogen-bond donors (Lipinski definition) is 1. The van der Waals surface area contributed by atoms with Crippen molar-refractivity contribution >= 4 is 38.9 Å². The first-order valence-electron chi connectivity index (χ1n) is 9.98. The van der Waals surface area contributed by atoms with Gasteiger partial charge >= 0.3 is 0 Å². The van der Waals surface area contributed by atoms with Crippen molar-refractivity contribution in [2.45, 2.75) is 13.5 Å². The van der Waals surface area contributed by atoms with Crippen molar-refractivity contribution in [3.05, 3.63) is 94.5 Å². The number of benzene rings is 3. The van der Waals surface area contributed by atoms with Crippen LogP contribution >= 0.6 is 11.6 Å². The quantitative estimate of drug-likeness (QED) is 0.376. The molecule has 1 N–H and O–H groups in total. The molecule has 0 aliphatic rings. The average Bonchev–Trinajstić information content (AvgIpc) is 2.81. The molecule has 0 unspecified atom stereocenters. The molecule has 0 aromatic heterocycles. The van der Waals surface area contributed by atoms with Crippen LogP contribution in [0.2, 0.25) is 5.02 Å². The molecule has 0 spiro atoms. The van der Waals surface area contributed by atoms with E-state index in [9.17, 15) is 13.2 Å². The van der Waals surface area contributed by atoms with Gasteiger partial charge in [-0.15, -0.1) is 0 Å². The van der Waals surface area contributed by atoms with Crippen molar-refractivity contribution in [2.24, 2.45) is 5.10 Å². The van der Waals surface area contributed by atoms with E-state index in [0.29, 0.717) is 22.0 Å². The number of amides is 1. The van der Waals surface area contributed by atoms with Crippen molar-refractivity contribution in [3.63, 3.8) is 0 Å². The number of sulfonamides is 1. The molecule has 0 radical (unpaired) electrons. The lowest BCUT2D eigenvalue weighted by molar-refractivity contribution is 0.0955. The van der Waals surface area contributed by atoms with Crippen molar-refractivity contribution in [1.82, 2.24) is 5.43 Å². The molecule has 33 heavy (non-hydrogen) atoms. The Kier molecular flexibility index (Phi) is 7.73. The van der Waals surface area contributed by atoms with Crippen LogP contribution in [-0.2, 0) is 16.6 Å². The summed E-state index contributed by atoms with van der Waals surface area (Å²) in [5.74, 6) is 0.327. The summed E-state index contributed by atoms with van der Waals surface area (Å²) in [6.07, 6.45) is 1.14. The molecule has 3 aromatic rings. The molecule has 3 rings (SSSR count). The number of carbonyl (C=O) groups excluding carboxylic acids is 1. The van der Waals surface area contributed by atoms with Gasteiger partial charge in [0.15, 0.2) is 0 Å². The van der Waals surface area contributed by atoms with E-state index in [1.807, 2.05) is 24.3 Å². The highest BCUT2D eigenvalue weighted by Gasteiger charge is 2.18. The Bertz CT molecular complexity index is 1240. The largest absolute Gasteiger partial charge is 0.497 e. The van der Waals surface area contributed by atoms with Crippen molar-refractivity contribution < 1.29 is 17.9 Å². The number of ether oxygens (including phenoxy) is 1. The van der Waals surface area contributed by atoms with E-state index in [0.717, 1.165) is 23.1 Å². The Labute approximate surface area is 198 Å². The molecule has 172 valence electrons. The standard InChI is InChI=1S/C24H24ClN3O4S/c1-17(19-8-14-23(32-2)15-9-19)26-27-24(29)20-6-12-22(13-7-20)28(33(3,30)31)16-18-4-10-21(25)11-5-18/h4-15H,16H2,1-3H3,(H,27,29)/b26-17-. The van der Waals surface area contributed by atoms with Gasteiger partial charge < -0.3 is 4.74 Å². The minimum Gasteiger partial charge on any atom is -0.497 e. The molecule has 1 amide bonds. The summed E-state index contributed by atoms with van der Waals surface area (Å²) in [6.45, 7) is 1.93. The smallest absolute Gasteiger partial charge is 0.271 e. The van der Waals surface area contributed by atoms with E-state index in [2.05, 4.69) is 10.5 Å². The van der Waals surface area contributed by atoms with Crippen LogP contribution < -0.4 is 14.5 Å². The lowest BCUT2D eigenvalue weighted by atomic mass is 10.1. The van der Waals surface area contributed by atoms with Crippen LogP contribution in [0.5, 0.6) is 5.75 Å². The van der Waals surface area contributed by atoms with Crippen molar-refractivity contribution in [2.75, 3.05) is 17.7 Å². The van der Waals surface area contributed by atoms with Gasteiger partial charge in [-0.25, -0.2) is 13.8 Å². The van der Waals surface area contributed by atoms with Crippen LogP contribution in [0.3, 0.4) is 0 Å². The molecule has 0 saturated heterocycles. The maximum absolute atomic E-state index is 12.5. The number of rotatable bonds is 8.